The molecular formula is C26H21F2NO5. The summed E-state index contributed by atoms with van der Waals surface area (Å²) < 4.78 is 37.5. The van der Waals surface area contributed by atoms with E-state index in [2.05, 4.69) is 0 Å². The first kappa shape index (κ1) is 23.0. The Morgan fingerprint density at radius 3 is 2.12 bits per heavy atom. The van der Waals surface area contributed by atoms with Gasteiger partial charge < -0.3 is 19.5 Å². The van der Waals surface area contributed by atoms with Crippen molar-refractivity contribution < 1.29 is 33.0 Å². The Labute approximate surface area is 194 Å². The number of hydrogen-bond acceptors (Lipinski definition) is 5. The lowest BCUT2D eigenvalue weighted by molar-refractivity contribution is -0.140. The number of ketones is 1. The van der Waals surface area contributed by atoms with E-state index in [1.54, 1.807) is 6.07 Å². The number of ether oxygens (including phenoxy) is 2. The molecule has 8 heteroatoms. The smallest absolute Gasteiger partial charge is 0.295 e. The van der Waals surface area contributed by atoms with Gasteiger partial charge in [-0.3, -0.25) is 9.59 Å². The number of aliphatic hydroxyl groups is 1. The summed E-state index contributed by atoms with van der Waals surface area (Å²) in [4.78, 5) is 27.5. The summed E-state index contributed by atoms with van der Waals surface area (Å²) in [6.45, 7) is -0.0244. The van der Waals surface area contributed by atoms with E-state index in [4.69, 9.17) is 9.47 Å². The van der Waals surface area contributed by atoms with Crippen LogP contribution in [0.2, 0.25) is 0 Å². The van der Waals surface area contributed by atoms with Gasteiger partial charge in [0.1, 0.15) is 28.9 Å². The molecule has 34 heavy (non-hydrogen) atoms. The third-order valence-corrected chi connectivity index (χ3v) is 5.66. The monoisotopic (exact) mass is 465 g/mol. The lowest BCUT2D eigenvalue weighted by Crippen LogP contribution is -2.29. The molecule has 3 aromatic rings. The Balaban J connectivity index is 1.87. The topological polar surface area (TPSA) is 76.1 Å². The number of benzene rings is 3. The van der Waals surface area contributed by atoms with Crippen molar-refractivity contribution in [3.05, 3.63) is 101 Å². The number of aliphatic hydroxyl groups excluding tert-OH is 1. The second-order valence-electron chi connectivity index (χ2n) is 7.67. The molecule has 1 atom stereocenters. The van der Waals surface area contributed by atoms with Crippen molar-refractivity contribution in [3.8, 4) is 11.5 Å². The number of carbonyl (C=O) groups is 2. The van der Waals surface area contributed by atoms with Crippen LogP contribution in [0.4, 0.5) is 8.78 Å². The maximum Gasteiger partial charge on any atom is 0.295 e. The fourth-order valence-corrected chi connectivity index (χ4v) is 3.96. The molecule has 1 heterocycles. The van der Waals surface area contributed by atoms with Gasteiger partial charge in [0, 0.05) is 12.6 Å². The Hall–Kier alpha value is -4.20. The lowest BCUT2D eigenvalue weighted by atomic mass is 9.94. The van der Waals surface area contributed by atoms with Gasteiger partial charge in [0.2, 0.25) is 0 Å². The van der Waals surface area contributed by atoms with Gasteiger partial charge in [-0.1, -0.05) is 24.3 Å². The predicted molar refractivity (Wildman–Crippen MR) is 120 cm³/mol. The van der Waals surface area contributed by atoms with Crippen molar-refractivity contribution in [2.75, 3.05) is 14.2 Å². The van der Waals surface area contributed by atoms with Gasteiger partial charge in [-0.05, 0) is 47.5 Å². The largest absolute Gasteiger partial charge is 0.507 e. The van der Waals surface area contributed by atoms with Crippen LogP contribution in [0.3, 0.4) is 0 Å². The number of amides is 1. The van der Waals surface area contributed by atoms with Crippen molar-refractivity contribution in [1.82, 2.24) is 4.90 Å². The molecule has 3 aromatic carbocycles. The highest BCUT2D eigenvalue weighted by Gasteiger charge is 2.46. The lowest BCUT2D eigenvalue weighted by Gasteiger charge is -2.25. The number of halogens is 2. The number of nitrogens with zero attached hydrogens (tertiary/aromatic N) is 1. The minimum absolute atomic E-state index is 0.0244. The molecule has 0 aliphatic carbocycles. The molecule has 1 unspecified atom stereocenters. The number of Topliss-reactive ketones (excluding diaryl/α,β-unsaturated/α-hetero) is 1. The molecule has 0 aromatic heterocycles. The average Bonchev–Trinajstić information content (AvgIpc) is 3.10. The second-order valence-corrected chi connectivity index (χ2v) is 7.67. The first-order chi connectivity index (χ1) is 16.3. The highest BCUT2D eigenvalue weighted by atomic mass is 19.1. The van der Waals surface area contributed by atoms with E-state index < -0.39 is 35.1 Å². The molecule has 1 fully saturated rings. The summed E-state index contributed by atoms with van der Waals surface area (Å²) in [5.74, 6) is -2.39. The van der Waals surface area contributed by atoms with E-state index >= 15 is 0 Å². The zero-order valence-corrected chi connectivity index (χ0v) is 18.4. The number of hydrogen-bond donors (Lipinski definition) is 1. The Morgan fingerprint density at radius 2 is 1.53 bits per heavy atom. The molecule has 1 N–H and O–H groups in total. The second kappa shape index (κ2) is 9.35. The van der Waals surface area contributed by atoms with Gasteiger partial charge in [-0.25, -0.2) is 8.78 Å². The summed E-state index contributed by atoms with van der Waals surface area (Å²) in [5.41, 5.74) is 1.03. The number of likely N-dealkylation sites (tertiary alicyclic amines) is 1. The van der Waals surface area contributed by atoms with E-state index in [9.17, 15) is 23.5 Å². The first-order valence-electron chi connectivity index (χ1n) is 10.3. The molecule has 1 amide bonds. The molecule has 0 saturated carbocycles. The molecule has 174 valence electrons. The van der Waals surface area contributed by atoms with Crippen LogP contribution in [0.1, 0.15) is 22.7 Å². The maximum absolute atomic E-state index is 13.6. The summed E-state index contributed by atoms with van der Waals surface area (Å²) in [6.07, 6.45) is 0. The molecule has 1 saturated heterocycles. The highest BCUT2D eigenvalue weighted by molar-refractivity contribution is 6.46. The number of carbonyl (C=O) groups excluding carboxylic acids is 2. The van der Waals surface area contributed by atoms with Crippen molar-refractivity contribution in [2.24, 2.45) is 0 Å². The standard InChI is InChI=1S/C26H21F2NO5/c1-33-19-11-12-20(21(13-19)34-2)24(30)22-23(16-5-9-18(28)10-6-16)29(26(32)25(22)31)14-15-3-7-17(27)8-4-15/h3-13,23,30H,14H2,1-2H3/b24-22-. The molecule has 1 aliphatic rings. The van der Waals surface area contributed by atoms with E-state index in [0.29, 0.717) is 16.9 Å². The van der Waals surface area contributed by atoms with Gasteiger partial charge in [0.15, 0.2) is 0 Å². The Kier molecular flexibility index (Phi) is 6.32. The molecule has 0 radical (unpaired) electrons. The summed E-state index contributed by atoms with van der Waals surface area (Å²) in [6, 6.07) is 14.5. The molecule has 4 rings (SSSR count). The van der Waals surface area contributed by atoms with Crippen molar-refractivity contribution in [1.29, 1.82) is 0 Å². The van der Waals surface area contributed by atoms with E-state index in [1.807, 2.05) is 0 Å². The third kappa shape index (κ3) is 4.22. The minimum Gasteiger partial charge on any atom is -0.507 e. The summed E-state index contributed by atoms with van der Waals surface area (Å²) in [7, 11) is 2.87. The predicted octanol–water partition coefficient (Wildman–Crippen LogP) is 4.60. The molecule has 0 bridgehead atoms. The van der Waals surface area contributed by atoms with Crippen LogP contribution in [-0.4, -0.2) is 35.9 Å². The highest BCUT2D eigenvalue weighted by Crippen LogP contribution is 2.42. The van der Waals surface area contributed by atoms with Gasteiger partial charge >= 0.3 is 0 Å². The van der Waals surface area contributed by atoms with Crippen molar-refractivity contribution in [2.45, 2.75) is 12.6 Å². The van der Waals surface area contributed by atoms with E-state index in [1.165, 1.54) is 79.8 Å². The van der Waals surface area contributed by atoms with E-state index in [-0.39, 0.29) is 23.4 Å². The molecule has 1 aliphatic heterocycles. The minimum atomic E-state index is -1.00. The first-order valence-corrected chi connectivity index (χ1v) is 10.3. The van der Waals surface area contributed by atoms with Gasteiger partial charge in [-0.2, -0.15) is 0 Å². The molecule has 0 spiro atoms. The molecular weight excluding hydrogens is 444 g/mol. The third-order valence-electron chi connectivity index (χ3n) is 5.66. The Bertz CT molecular complexity index is 1270. The van der Waals surface area contributed by atoms with Crippen LogP contribution in [0.15, 0.2) is 72.3 Å². The molecule has 6 nitrogen and oxygen atoms in total. The SMILES string of the molecule is COc1ccc(/C(O)=C2/C(=O)C(=O)N(Cc3ccc(F)cc3)C2c2ccc(F)cc2)c(OC)c1. The van der Waals surface area contributed by atoms with Crippen LogP contribution in [0.25, 0.3) is 5.76 Å². The number of methoxy groups -OCH3 is 2. The fraction of sp³-hybridized carbons (Fsp3) is 0.154. The van der Waals surface area contributed by atoms with Crippen LogP contribution in [0, 0.1) is 11.6 Å². The Morgan fingerprint density at radius 1 is 0.912 bits per heavy atom. The van der Waals surface area contributed by atoms with Gasteiger partial charge in [0.25, 0.3) is 11.7 Å². The van der Waals surface area contributed by atoms with Crippen molar-refractivity contribution in [3.63, 3.8) is 0 Å². The van der Waals surface area contributed by atoms with Crippen LogP contribution in [0.5, 0.6) is 11.5 Å². The van der Waals surface area contributed by atoms with Crippen LogP contribution < -0.4 is 9.47 Å². The fourth-order valence-electron chi connectivity index (χ4n) is 3.96. The van der Waals surface area contributed by atoms with Crippen LogP contribution in [-0.2, 0) is 16.1 Å². The van der Waals surface area contributed by atoms with E-state index in [0.717, 1.165) is 0 Å². The quantitative estimate of drug-likeness (QED) is 0.327. The summed E-state index contributed by atoms with van der Waals surface area (Å²) in [5, 5.41) is 11.2. The number of rotatable bonds is 6. The zero-order valence-electron chi connectivity index (χ0n) is 18.4. The van der Waals surface area contributed by atoms with Gasteiger partial charge in [-0.15, -0.1) is 0 Å². The summed E-state index contributed by atoms with van der Waals surface area (Å²) >= 11 is 0. The maximum atomic E-state index is 13.6. The van der Waals surface area contributed by atoms with Crippen molar-refractivity contribution >= 4 is 17.4 Å². The normalized spacial score (nSPS) is 17.2. The van der Waals surface area contributed by atoms with Gasteiger partial charge in [0.05, 0.1) is 31.4 Å². The van der Waals surface area contributed by atoms with Crippen LogP contribution >= 0.6 is 0 Å². The average molecular weight is 465 g/mol. The zero-order chi connectivity index (χ0) is 24.4.